The molecule has 0 atom stereocenters. The van der Waals surface area contributed by atoms with Crippen molar-refractivity contribution in [2.75, 3.05) is 18.0 Å². The molecule has 0 spiro atoms. The first-order valence-corrected chi connectivity index (χ1v) is 11.5. The maximum atomic E-state index is 10.6. The van der Waals surface area contributed by atoms with Gasteiger partial charge in [-0.15, -0.1) is 0 Å². The number of hydrogen-bond acceptors (Lipinski definition) is 7. The minimum Gasteiger partial charge on any atom is -0.475 e. The zero-order valence-corrected chi connectivity index (χ0v) is 21.0. The number of carbonyl (C=O) groups is 2. The van der Waals surface area contributed by atoms with E-state index in [1.54, 1.807) is 0 Å². The lowest BCUT2D eigenvalue weighted by Crippen LogP contribution is -2.31. The van der Waals surface area contributed by atoms with Crippen LogP contribution in [0, 0.1) is 6.92 Å². The minimum atomic E-state index is -5.08. The summed E-state index contributed by atoms with van der Waals surface area (Å²) >= 11 is 0. The Balaban J connectivity index is 0.000000333. The predicted octanol–water partition coefficient (Wildman–Crippen LogP) is 4.47. The normalized spacial score (nSPS) is 13.5. The van der Waals surface area contributed by atoms with Crippen molar-refractivity contribution in [1.82, 2.24) is 19.9 Å². The molecule has 3 aromatic heterocycles. The fourth-order valence-corrected chi connectivity index (χ4v) is 3.44. The van der Waals surface area contributed by atoms with Gasteiger partial charge in [0.05, 0.1) is 5.69 Å². The Morgan fingerprint density at radius 3 is 2.00 bits per heavy atom. The molecule has 4 heterocycles. The monoisotopic (exact) mass is 573 g/mol. The van der Waals surface area contributed by atoms with Gasteiger partial charge in [0.25, 0.3) is 0 Å². The van der Waals surface area contributed by atoms with Crippen LogP contribution in [0.2, 0.25) is 0 Å². The smallest absolute Gasteiger partial charge is 0.475 e. The van der Waals surface area contributed by atoms with E-state index in [2.05, 4.69) is 55.1 Å². The average molecular weight is 573 g/mol. The van der Waals surface area contributed by atoms with E-state index in [0.29, 0.717) is 0 Å². The van der Waals surface area contributed by atoms with Crippen molar-refractivity contribution in [2.24, 2.45) is 0 Å². The molecule has 4 rings (SSSR count). The molecule has 0 aliphatic carbocycles. The number of aliphatic carboxylic acids is 2. The first-order chi connectivity index (χ1) is 18.7. The zero-order valence-electron chi connectivity index (χ0n) is 21.0. The SMILES string of the molecule is Cc1cccc(CN2CCN(Cc3ccncc3)c3ncccc3C2)n1.O=C(O)C(F)(F)F.O=C(O)C(F)(F)F. The van der Waals surface area contributed by atoms with Crippen LogP contribution >= 0.6 is 0 Å². The Morgan fingerprint density at radius 1 is 0.850 bits per heavy atom. The number of rotatable bonds is 4. The lowest BCUT2D eigenvalue weighted by molar-refractivity contribution is -0.193. The van der Waals surface area contributed by atoms with Gasteiger partial charge in [0.2, 0.25) is 0 Å². The molecule has 3 aromatic rings. The number of alkyl halides is 6. The topological polar surface area (TPSA) is 120 Å². The van der Waals surface area contributed by atoms with E-state index in [0.717, 1.165) is 49.9 Å². The number of anilines is 1. The quantitative estimate of drug-likeness (QED) is 0.436. The number of pyridine rings is 3. The summed E-state index contributed by atoms with van der Waals surface area (Å²) in [5, 5.41) is 14.2. The molecule has 0 saturated heterocycles. The van der Waals surface area contributed by atoms with Gasteiger partial charge < -0.3 is 15.1 Å². The van der Waals surface area contributed by atoms with E-state index in [1.807, 2.05) is 37.6 Å². The number of fused-ring (bicyclic) bond motifs is 1. The lowest BCUT2D eigenvalue weighted by Gasteiger charge is -2.24. The van der Waals surface area contributed by atoms with E-state index < -0.39 is 24.3 Å². The van der Waals surface area contributed by atoms with Crippen LogP contribution in [0.3, 0.4) is 0 Å². The molecule has 0 aromatic carbocycles. The number of aryl methyl sites for hydroxylation is 1. The minimum absolute atomic E-state index is 0.850. The highest BCUT2D eigenvalue weighted by Crippen LogP contribution is 2.25. The number of carboxylic acid groups (broad SMARTS) is 2. The number of nitrogens with zero attached hydrogens (tertiary/aromatic N) is 5. The summed E-state index contributed by atoms with van der Waals surface area (Å²) in [5.41, 5.74) is 4.72. The van der Waals surface area contributed by atoms with Crippen LogP contribution < -0.4 is 4.90 Å². The second kappa shape index (κ2) is 14.2. The Morgan fingerprint density at radius 2 is 1.45 bits per heavy atom. The van der Waals surface area contributed by atoms with Gasteiger partial charge in [0.1, 0.15) is 5.82 Å². The third-order valence-electron chi connectivity index (χ3n) is 5.19. The highest BCUT2D eigenvalue weighted by Gasteiger charge is 2.38. The van der Waals surface area contributed by atoms with Gasteiger partial charge in [0.15, 0.2) is 0 Å². The fraction of sp³-hybridized carbons (Fsp3) is 0.320. The van der Waals surface area contributed by atoms with Crippen LogP contribution in [-0.4, -0.2) is 67.4 Å². The third kappa shape index (κ3) is 10.8. The summed E-state index contributed by atoms with van der Waals surface area (Å²) in [6, 6.07) is 14.6. The molecule has 0 saturated carbocycles. The molecule has 0 amide bonds. The van der Waals surface area contributed by atoms with Crippen LogP contribution in [0.4, 0.5) is 32.2 Å². The molecule has 0 fully saturated rings. The molecule has 1 aliphatic rings. The van der Waals surface area contributed by atoms with Crippen LogP contribution in [0.15, 0.2) is 61.1 Å². The Kier molecular flexibility index (Phi) is 11.3. The summed E-state index contributed by atoms with van der Waals surface area (Å²) in [4.78, 5) is 36.1. The van der Waals surface area contributed by atoms with Crippen molar-refractivity contribution < 1.29 is 46.1 Å². The van der Waals surface area contributed by atoms with Gasteiger partial charge >= 0.3 is 24.3 Å². The number of carboxylic acids is 2. The first kappa shape index (κ1) is 31.9. The van der Waals surface area contributed by atoms with Crippen molar-refractivity contribution in [3.63, 3.8) is 0 Å². The molecule has 2 N–H and O–H groups in total. The highest BCUT2D eigenvalue weighted by atomic mass is 19.4. The molecule has 0 radical (unpaired) electrons. The molecule has 15 heteroatoms. The lowest BCUT2D eigenvalue weighted by atomic mass is 10.2. The first-order valence-electron chi connectivity index (χ1n) is 11.5. The number of halogens is 6. The van der Waals surface area contributed by atoms with E-state index in [9.17, 15) is 26.3 Å². The van der Waals surface area contributed by atoms with Crippen LogP contribution in [-0.2, 0) is 29.2 Å². The molecule has 1 aliphatic heterocycles. The van der Waals surface area contributed by atoms with Gasteiger partial charge in [-0.05, 0) is 42.8 Å². The van der Waals surface area contributed by atoms with E-state index in [-0.39, 0.29) is 0 Å². The average Bonchev–Trinajstić information content (AvgIpc) is 3.03. The standard InChI is InChI=1S/C21H23N5.2C2HF3O2/c1-17-4-2-6-20(24-17)16-25-12-13-26(14-18-7-10-22-11-8-18)21-19(15-25)5-3-9-23-21;2*3-2(4,5)1(6)7/h2-11H,12-16H2,1H3;2*(H,6,7). The summed E-state index contributed by atoms with van der Waals surface area (Å²) in [5.74, 6) is -4.43. The molecule has 40 heavy (non-hydrogen) atoms. The predicted molar refractivity (Wildman–Crippen MR) is 130 cm³/mol. The zero-order chi connectivity index (χ0) is 29.9. The van der Waals surface area contributed by atoms with Crippen molar-refractivity contribution in [3.8, 4) is 0 Å². The Hall–Kier alpha value is -4.27. The second-order valence-corrected chi connectivity index (χ2v) is 8.35. The highest BCUT2D eigenvalue weighted by molar-refractivity contribution is 5.73. The largest absolute Gasteiger partial charge is 0.490 e. The van der Waals surface area contributed by atoms with Crippen LogP contribution in [0.25, 0.3) is 0 Å². The van der Waals surface area contributed by atoms with Crippen molar-refractivity contribution >= 4 is 17.8 Å². The third-order valence-corrected chi connectivity index (χ3v) is 5.19. The van der Waals surface area contributed by atoms with Crippen molar-refractivity contribution in [1.29, 1.82) is 0 Å². The van der Waals surface area contributed by atoms with Crippen molar-refractivity contribution in [2.45, 2.75) is 38.9 Å². The fourth-order valence-electron chi connectivity index (χ4n) is 3.44. The van der Waals surface area contributed by atoms with E-state index in [4.69, 9.17) is 19.8 Å². The van der Waals surface area contributed by atoms with Gasteiger partial charge in [-0.25, -0.2) is 14.6 Å². The van der Waals surface area contributed by atoms with Gasteiger partial charge in [-0.2, -0.15) is 26.3 Å². The maximum Gasteiger partial charge on any atom is 0.490 e. The van der Waals surface area contributed by atoms with Gasteiger partial charge in [-0.3, -0.25) is 14.9 Å². The second-order valence-electron chi connectivity index (χ2n) is 8.35. The van der Waals surface area contributed by atoms with E-state index >= 15 is 0 Å². The number of aromatic nitrogens is 3. The molecule has 0 unspecified atom stereocenters. The Labute approximate surface area is 224 Å². The van der Waals surface area contributed by atoms with E-state index in [1.165, 1.54) is 11.1 Å². The summed E-state index contributed by atoms with van der Waals surface area (Å²) < 4.78 is 63.5. The molecular weight excluding hydrogens is 548 g/mol. The summed E-state index contributed by atoms with van der Waals surface area (Å²) in [6.45, 7) is 6.57. The van der Waals surface area contributed by atoms with Gasteiger partial charge in [-0.1, -0.05) is 12.1 Å². The number of hydrogen-bond donors (Lipinski definition) is 2. The molecular formula is C25H25F6N5O4. The van der Waals surface area contributed by atoms with Gasteiger partial charge in [0, 0.05) is 62.6 Å². The maximum absolute atomic E-state index is 10.6. The summed E-state index contributed by atoms with van der Waals surface area (Å²) in [7, 11) is 0. The van der Waals surface area contributed by atoms with Crippen molar-refractivity contribution in [3.05, 3.63) is 83.6 Å². The van der Waals surface area contributed by atoms with Crippen LogP contribution in [0.1, 0.15) is 22.5 Å². The van der Waals surface area contributed by atoms with Crippen LogP contribution in [0.5, 0.6) is 0 Å². The summed E-state index contributed by atoms with van der Waals surface area (Å²) in [6.07, 6.45) is -4.58. The Bertz CT molecular complexity index is 1230. The molecule has 9 nitrogen and oxygen atoms in total. The molecule has 0 bridgehead atoms. The molecule has 216 valence electrons.